The molecule has 20 heavy (non-hydrogen) atoms. The van der Waals surface area contributed by atoms with Crippen LogP contribution in [0, 0.1) is 10.1 Å². The van der Waals surface area contributed by atoms with Gasteiger partial charge < -0.3 is 10.6 Å². The number of nitro benzene ring substituents is 1. The van der Waals surface area contributed by atoms with Gasteiger partial charge in [-0.1, -0.05) is 6.07 Å². The third-order valence-electron chi connectivity index (χ3n) is 3.51. The molecule has 7 heteroatoms. The molecule has 1 aromatic carbocycles. The summed E-state index contributed by atoms with van der Waals surface area (Å²) in [5, 5.41) is 10.7. The van der Waals surface area contributed by atoms with Gasteiger partial charge in [0.2, 0.25) is 5.91 Å². The van der Waals surface area contributed by atoms with Crippen LogP contribution in [0.2, 0.25) is 0 Å². The molecule has 0 radical (unpaired) electrons. The molecule has 0 aliphatic carbocycles. The van der Waals surface area contributed by atoms with Crippen molar-refractivity contribution in [1.82, 2.24) is 9.80 Å². The minimum Gasteiger partial charge on any atom is -0.393 e. The third kappa shape index (κ3) is 3.24. The van der Waals surface area contributed by atoms with Crippen molar-refractivity contribution in [2.75, 3.05) is 31.9 Å². The van der Waals surface area contributed by atoms with E-state index in [2.05, 4.69) is 4.90 Å². The molecule has 1 saturated heterocycles. The van der Waals surface area contributed by atoms with Gasteiger partial charge in [-0.2, -0.15) is 0 Å². The third-order valence-corrected chi connectivity index (χ3v) is 3.51. The Bertz CT molecular complexity index is 524. The molecule has 0 aromatic heterocycles. The maximum Gasteiger partial charge on any atom is 0.292 e. The Morgan fingerprint density at radius 3 is 2.50 bits per heavy atom. The zero-order valence-corrected chi connectivity index (χ0v) is 11.4. The number of anilines is 1. The lowest BCUT2D eigenvalue weighted by molar-refractivity contribution is -0.383. The number of nitro groups is 1. The van der Waals surface area contributed by atoms with Crippen LogP contribution in [0.1, 0.15) is 12.5 Å². The number of amides is 1. The van der Waals surface area contributed by atoms with Crippen LogP contribution in [0.4, 0.5) is 11.4 Å². The van der Waals surface area contributed by atoms with Gasteiger partial charge in [0.05, 0.1) is 4.92 Å². The predicted octanol–water partition coefficient (Wildman–Crippen LogP) is 0.841. The Morgan fingerprint density at radius 1 is 1.35 bits per heavy atom. The molecule has 1 aliphatic heterocycles. The SMILES string of the molecule is CC(=O)N1CCN(Cc2ccc([N+](=O)[O-])c(N)c2)CC1. The minimum atomic E-state index is -0.481. The first kappa shape index (κ1) is 14.3. The van der Waals surface area contributed by atoms with E-state index in [4.69, 9.17) is 5.73 Å². The molecule has 1 fully saturated rings. The van der Waals surface area contributed by atoms with Crippen molar-refractivity contribution < 1.29 is 9.72 Å². The number of rotatable bonds is 3. The molecule has 0 saturated carbocycles. The van der Waals surface area contributed by atoms with Crippen molar-refractivity contribution in [2.45, 2.75) is 13.5 Å². The number of hydrogen-bond acceptors (Lipinski definition) is 5. The normalized spacial score (nSPS) is 16.1. The van der Waals surface area contributed by atoms with Gasteiger partial charge in [0.1, 0.15) is 5.69 Å². The molecule has 1 amide bonds. The minimum absolute atomic E-state index is 0.0600. The molecule has 2 rings (SSSR count). The first-order valence-electron chi connectivity index (χ1n) is 6.48. The van der Waals surface area contributed by atoms with Crippen LogP contribution in [0.5, 0.6) is 0 Å². The zero-order valence-electron chi connectivity index (χ0n) is 11.4. The monoisotopic (exact) mass is 278 g/mol. The number of hydrogen-bond donors (Lipinski definition) is 1. The molecule has 108 valence electrons. The summed E-state index contributed by atoms with van der Waals surface area (Å²) in [6, 6.07) is 4.82. The number of carbonyl (C=O) groups is 1. The lowest BCUT2D eigenvalue weighted by atomic mass is 10.1. The van der Waals surface area contributed by atoms with Crippen LogP contribution < -0.4 is 5.73 Å². The fourth-order valence-electron chi connectivity index (χ4n) is 2.35. The van der Waals surface area contributed by atoms with E-state index >= 15 is 0 Å². The topological polar surface area (TPSA) is 92.7 Å². The van der Waals surface area contributed by atoms with Gasteiger partial charge >= 0.3 is 0 Å². The van der Waals surface area contributed by atoms with Crippen LogP contribution in [0.3, 0.4) is 0 Å². The highest BCUT2D eigenvalue weighted by atomic mass is 16.6. The van der Waals surface area contributed by atoms with Crippen molar-refractivity contribution in [3.05, 3.63) is 33.9 Å². The van der Waals surface area contributed by atoms with E-state index in [-0.39, 0.29) is 17.3 Å². The summed E-state index contributed by atoms with van der Waals surface area (Å²) in [6.45, 7) is 5.31. The second-order valence-electron chi connectivity index (χ2n) is 4.93. The second-order valence-corrected chi connectivity index (χ2v) is 4.93. The average Bonchev–Trinajstić information content (AvgIpc) is 2.39. The smallest absolute Gasteiger partial charge is 0.292 e. The van der Waals surface area contributed by atoms with Crippen molar-refractivity contribution in [3.63, 3.8) is 0 Å². The standard InChI is InChI=1S/C13H18N4O3/c1-10(18)16-6-4-15(5-7-16)9-11-2-3-13(17(19)20)12(14)8-11/h2-3,8H,4-7,9,14H2,1H3. The maximum atomic E-state index is 11.2. The van der Waals surface area contributed by atoms with Gasteiger partial charge in [0.15, 0.2) is 0 Å². The van der Waals surface area contributed by atoms with Crippen molar-refractivity contribution in [2.24, 2.45) is 0 Å². The van der Waals surface area contributed by atoms with E-state index in [0.717, 1.165) is 31.7 Å². The highest BCUT2D eigenvalue weighted by Gasteiger charge is 2.19. The summed E-state index contributed by atoms with van der Waals surface area (Å²) >= 11 is 0. The Morgan fingerprint density at radius 2 is 2.00 bits per heavy atom. The van der Waals surface area contributed by atoms with Crippen LogP contribution in [-0.2, 0) is 11.3 Å². The molecule has 0 bridgehead atoms. The molecular weight excluding hydrogens is 260 g/mol. The first-order chi connectivity index (χ1) is 9.47. The van der Waals surface area contributed by atoms with Gasteiger partial charge in [-0.3, -0.25) is 19.8 Å². The molecule has 1 heterocycles. The van der Waals surface area contributed by atoms with Crippen molar-refractivity contribution in [3.8, 4) is 0 Å². The molecule has 0 atom stereocenters. The largest absolute Gasteiger partial charge is 0.393 e. The van der Waals surface area contributed by atoms with Gasteiger partial charge in [0, 0.05) is 45.7 Å². The fraction of sp³-hybridized carbons (Fsp3) is 0.462. The Kier molecular flexibility index (Phi) is 4.19. The van der Waals surface area contributed by atoms with Crippen molar-refractivity contribution >= 4 is 17.3 Å². The highest BCUT2D eigenvalue weighted by Crippen LogP contribution is 2.23. The number of piperazine rings is 1. The highest BCUT2D eigenvalue weighted by molar-refractivity contribution is 5.73. The molecule has 0 unspecified atom stereocenters. The Hall–Kier alpha value is -2.15. The fourth-order valence-corrected chi connectivity index (χ4v) is 2.35. The van der Waals surface area contributed by atoms with E-state index < -0.39 is 4.92 Å². The lowest BCUT2D eigenvalue weighted by Gasteiger charge is -2.34. The number of carbonyl (C=O) groups excluding carboxylic acids is 1. The van der Waals surface area contributed by atoms with E-state index in [1.165, 1.54) is 6.07 Å². The number of benzene rings is 1. The van der Waals surface area contributed by atoms with E-state index in [9.17, 15) is 14.9 Å². The van der Waals surface area contributed by atoms with E-state index in [1.54, 1.807) is 19.1 Å². The lowest BCUT2D eigenvalue weighted by Crippen LogP contribution is -2.47. The summed E-state index contributed by atoms with van der Waals surface area (Å²) in [5.74, 6) is 0.101. The number of nitrogens with two attached hydrogens (primary N) is 1. The molecule has 0 spiro atoms. The number of nitrogen functional groups attached to an aromatic ring is 1. The summed E-state index contributed by atoms with van der Waals surface area (Å²) in [6.07, 6.45) is 0. The Labute approximate surface area is 117 Å². The summed E-state index contributed by atoms with van der Waals surface area (Å²) < 4.78 is 0. The van der Waals surface area contributed by atoms with Crippen LogP contribution in [0.15, 0.2) is 18.2 Å². The van der Waals surface area contributed by atoms with Crippen LogP contribution in [0.25, 0.3) is 0 Å². The van der Waals surface area contributed by atoms with E-state index in [0.29, 0.717) is 6.54 Å². The summed E-state index contributed by atoms with van der Waals surface area (Å²) in [5.41, 5.74) is 6.75. The summed E-state index contributed by atoms with van der Waals surface area (Å²) in [4.78, 5) is 25.5. The van der Waals surface area contributed by atoms with Gasteiger partial charge in [-0.15, -0.1) is 0 Å². The van der Waals surface area contributed by atoms with Gasteiger partial charge in [0.25, 0.3) is 5.69 Å². The first-order valence-corrected chi connectivity index (χ1v) is 6.48. The molecule has 1 aromatic rings. The number of nitrogens with zero attached hydrogens (tertiary/aromatic N) is 3. The van der Waals surface area contributed by atoms with Crippen LogP contribution in [-0.4, -0.2) is 46.8 Å². The average molecular weight is 278 g/mol. The van der Waals surface area contributed by atoms with Gasteiger partial charge in [-0.05, 0) is 11.6 Å². The molecule has 2 N–H and O–H groups in total. The predicted molar refractivity (Wildman–Crippen MR) is 75.0 cm³/mol. The van der Waals surface area contributed by atoms with Gasteiger partial charge in [-0.25, -0.2) is 0 Å². The van der Waals surface area contributed by atoms with E-state index in [1.807, 2.05) is 4.90 Å². The molecule has 7 nitrogen and oxygen atoms in total. The van der Waals surface area contributed by atoms with Crippen molar-refractivity contribution in [1.29, 1.82) is 0 Å². The summed E-state index contributed by atoms with van der Waals surface area (Å²) in [7, 11) is 0. The second kappa shape index (κ2) is 5.87. The maximum absolute atomic E-state index is 11.2. The Balaban J connectivity index is 1.96. The zero-order chi connectivity index (χ0) is 14.7. The molecule has 1 aliphatic rings. The van der Waals surface area contributed by atoms with Crippen LogP contribution >= 0.6 is 0 Å². The molecular formula is C13H18N4O3. The quantitative estimate of drug-likeness (QED) is 0.502.